The normalized spacial score (nSPS) is 22.7. The van der Waals surface area contributed by atoms with Gasteiger partial charge in [-0.2, -0.15) is 0 Å². The van der Waals surface area contributed by atoms with Crippen molar-refractivity contribution in [2.24, 2.45) is 10.9 Å². The largest absolute Gasteiger partial charge is 0.394 e. The number of aliphatic hydroxyl groups excluding tert-OH is 1. The van der Waals surface area contributed by atoms with E-state index in [4.69, 9.17) is 5.11 Å². The Hall–Kier alpha value is -1.15. The zero-order valence-electron chi connectivity index (χ0n) is 8.40. The van der Waals surface area contributed by atoms with Gasteiger partial charge in [-0.15, -0.1) is 0 Å². The maximum Gasteiger partial charge on any atom is 0.0627 e. The Morgan fingerprint density at radius 2 is 2.21 bits per heavy atom. The molecule has 14 heavy (non-hydrogen) atoms. The quantitative estimate of drug-likeness (QED) is 0.754. The van der Waals surface area contributed by atoms with Crippen LogP contribution in [0.15, 0.2) is 29.3 Å². The molecule has 1 aliphatic rings. The molecule has 0 aliphatic heterocycles. The van der Waals surface area contributed by atoms with Crippen LogP contribution in [0.3, 0.4) is 0 Å². The number of nitrogens with zero attached hydrogens (tertiary/aromatic N) is 1. The molecule has 0 bridgehead atoms. The minimum absolute atomic E-state index is 0.137. The number of benzene rings is 1. The minimum atomic E-state index is 0.137. The summed E-state index contributed by atoms with van der Waals surface area (Å²) in [5.41, 5.74) is 3.82. The predicted molar refractivity (Wildman–Crippen MR) is 57.8 cm³/mol. The number of aliphatic imine (C=N–C) groups is 1. The van der Waals surface area contributed by atoms with Crippen LogP contribution in [0, 0.1) is 5.92 Å². The molecule has 1 N–H and O–H groups in total. The smallest absolute Gasteiger partial charge is 0.0627 e. The predicted octanol–water partition coefficient (Wildman–Crippen LogP) is 1.66. The lowest BCUT2D eigenvalue weighted by atomic mass is 10.1. The van der Waals surface area contributed by atoms with Gasteiger partial charge in [0, 0.05) is 11.6 Å². The summed E-state index contributed by atoms with van der Waals surface area (Å²) in [7, 11) is 0. The number of hydrogen-bond acceptors (Lipinski definition) is 2. The van der Waals surface area contributed by atoms with E-state index >= 15 is 0 Å². The van der Waals surface area contributed by atoms with Gasteiger partial charge in [0.1, 0.15) is 0 Å². The third-order valence-electron chi connectivity index (χ3n) is 2.67. The molecule has 1 aromatic carbocycles. The van der Waals surface area contributed by atoms with E-state index in [1.165, 1.54) is 11.1 Å². The van der Waals surface area contributed by atoms with Crippen LogP contribution in [-0.2, 0) is 6.42 Å². The fraction of sp³-hybridized carbons (Fsp3) is 0.417. The van der Waals surface area contributed by atoms with Gasteiger partial charge in [0.25, 0.3) is 0 Å². The summed E-state index contributed by atoms with van der Waals surface area (Å²) in [5.74, 6) is 0.499. The fourth-order valence-corrected chi connectivity index (χ4v) is 2.05. The standard InChI is InChI=1S/C12H15NO/c1-9-8-10-4-2-3-5-11(10)12(9)13-6-7-14/h2-5,9,14H,6-8H2,1H3/b13-12+. The van der Waals surface area contributed by atoms with Crippen LogP contribution in [-0.4, -0.2) is 24.0 Å². The van der Waals surface area contributed by atoms with Gasteiger partial charge in [0.15, 0.2) is 0 Å². The molecule has 0 saturated heterocycles. The fourth-order valence-electron chi connectivity index (χ4n) is 2.05. The Labute approximate surface area is 84.3 Å². The summed E-state index contributed by atoms with van der Waals surface area (Å²) >= 11 is 0. The number of rotatable bonds is 2. The lowest BCUT2D eigenvalue weighted by molar-refractivity contribution is 0.306. The third-order valence-corrected chi connectivity index (χ3v) is 2.67. The molecule has 1 aromatic rings. The van der Waals surface area contributed by atoms with Crippen LogP contribution in [0.1, 0.15) is 18.1 Å². The van der Waals surface area contributed by atoms with Crippen molar-refractivity contribution in [3.05, 3.63) is 35.4 Å². The van der Waals surface area contributed by atoms with Gasteiger partial charge < -0.3 is 5.11 Å². The number of aliphatic hydroxyl groups is 1. The Morgan fingerprint density at radius 1 is 1.43 bits per heavy atom. The van der Waals surface area contributed by atoms with Crippen molar-refractivity contribution in [2.45, 2.75) is 13.3 Å². The van der Waals surface area contributed by atoms with Crippen molar-refractivity contribution in [1.29, 1.82) is 0 Å². The van der Waals surface area contributed by atoms with E-state index in [9.17, 15) is 0 Å². The first-order chi connectivity index (χ1) is 6.83. The molecule has 0 fully saturated rings. The molecular formula is C12H15NO. The second kappa shape index (κ2) is 3.93. The molecule has 1 unspecified atom stereocenters. The van der Waals surface area contributed by atoms with Crippen molar-refractivity contribution in [3.8, 4) is 0 Å². The van der Waals surface area contributed by atoms with Crippen LogP contribution in [0.5, 0.6) is 0 Å². The molecule has 0 saturated carbocycles. The van der Waals surface area contributed by atoms with Crippen molar-refractivity contribution in [2.75, 3.05) is 13.2 Å². The maximum atomic E-state index is 8.75. The monoisotopic (exact) mass is 189 g/mol. The highest BCUT2D eigenvalue weighted by atomic mass is 16.3. The first-order valence-electron chi connectivity index (χ1n) is 5.06. The zero-order chi connectivity index (χ0) is 9.97. The van der Waals surface area contributed by atoms with Gasteiger partial charge in [0.2, 0.25) is 0 Å². The molecule has 74 valence electrons. The van der Waals surface area contributed by atoms with Crippen molar-refractivity contribution in [1.82, 2.24) is 0 Å². The van der Waals surface area contributed by atoms with E-state index in [2.05, 4.69) is 30.1 Å². The SMILES string of the molecule is CC1Cc2ccccc2/C1=N/CCO. The first-order valence-corrected chi connectivity index (χ1v) is 5.06. The summed E-state index contributed by atoms with van der Waals surface area (Å²) in [4.78, 5) is 4.43. The lowest BCUT2D eigenvalue weighted by Gasteiger charge is -2.03. The molecule has 1 aliphatic carbocycles. The van der Waals surface area contributed by atoms with Crippen molar-refractivity contribution in [3.63, 3.8) is 0 Å². The van der Waals surface area contributed by atoms with Crippen LogP contribution < -0.4 is 0 Å². The first kappa shape index (κ1) is 9.41. The zero-order valence-corrected chi connectivity index (χ0v) is 8.40. The molecule has 0 heterocycles. The second-order valence-electron chi connectivity index (χ2n) is 3.75. The summed E-state index contributed by atoms with van der Waals surface area (Å²) in [6, 6.07) is 8.40. The van der Waals surface area contributed by atoms with Gasteiger partial charge >= 0.3 is 0 Å². The van der Waals surface area contributed by atoms with E-state index < -0.39 is 0 Å². The van der Waals surface area contributed by atoms with Crippen LogP contribution >= 0.6 is 0 Å². The summed E-state index contributed by atoms with van der Waals surface area (Å²) in [6.45, 7) is 2.85. The molecular weight excluding hydrogens is 174 g/mol. The van der Waals surface area contributed by atoms with E-state index in [0.29, 0.717) is 12.5 Å². The minimum Gasteiger partial charge on any atom is -0.394 e. The van der Waals surface area contributed by atoms with Gasteiger partial charge in [-0.05, 0) is 17.5 Å². The Balaban J connectivity index is 2.34. The molecule has 0 aromatic heterocycles. The van der Waals surface area contributed by atoms with Crippen LogP contribution in [0.25, 0.3) is 0 Å². The van der Waals surface area contributed by atoms with Crippen molar-refractivity contribution < 1.29 is 5.11 Å². The molecule has 0 spiro atoms. The van der Waals surface area contributed by atoms with Gasteiger partial charge in [-0.1, -0.05) is 31.2 Å². The average molecular weight is 189 g/mol. The van der Waals surface area contributed by atoms with Crippen LogP contribution in [0.4, 0.5) is 0 Å². The van der Waals surface area contributed by atoms with E-state index in [1.54, 1.807) is 0 Å². The number of hydrogen-bond donors (Lipinski definition) is 1. The summed E-state index contributed by atoms with van der Waals surface area (Å²) < 4.78 is 0. The average Bonchev–Trinajstić information content (AvgIpc) is 2.51. The van der Waals surface area contributed by atoms with Gasteiger partial charge in [0.05, 0.1) is 13.2 Å². The van der Waals surface area contributed by atoms with E-state index in [1.807, 2.05) is 6.07 Å². The molecule has 0 amide bonds. The molecule has 0 radical (unpaired) electrons. The summed E-state index contributed by atoms with van der Waals surface area (Å²) in [5, 5.41) is 8.75. The highest BCUT2D eigenvalue weighted by Crippen LogP contribution is 2.26. The topological polar surface area (TPSA) is 32.6 Å². The Bertz CT molecular complexity index is 357. The lowest BCUT2D eigenvalue weighted by Crippen LogP contribution is -2.07. The second-order valence-corrected chi connectivity index (χ2v) is 3.75. The Kier molecular flexibility index (Phi) is 2.64. The molecule has 2 rings (SSSR count). The van der Waals surface area contributed by atoms with E-state index in [0.717, 1.165) is 12.1 Å². The maximum absolute atomic E-state index is 8.75. The summed E-state index contributed by atoms with van der Waals surface area (Å²) in [6.07, 6.45) is 1.08. The highest BCUT2D eigenvalue weighted by Gasteiger charge is 2.23. The highest BCUT2D eigenvalue weighted by molar-refractivity contribution is 6.06. The molecule has 2 heteroatoms. The van der Waals surface area contributed by atoms with Gasteiger partial charge in [-0.25, -0.2) is 0 Å². The molecule has 1 atom stereocenters. The number of fused-ring (bicyclic) bond motifs is 1. The molecule has 2 nitrogen and oxygen atoms in total. The van der Waals surface area contributed by atoms with Crippen LogP contribution in [0.2, 0.25) is 0 Å². The van der Waals surface area contributed by atoms with E-state index in [-0.39, 0.29) is 6.61 Å². The van der Waals surface area contributed by atoms with Crippen molar-refractivity contribution >= 4 is 5.71 Å². The Morgan fingerprint density at radius 3 is 3.00 bits per heavy atom. The third kappa shape index (κ3) is 1.58. The van der Waals surface area contributed by atoms with Gasteiger partial charge in [-0.3, -0.25) is 4.99 Å².